The summed E-state index contributed by atoms with van der Waals surface area (Å²) < 4.78 is 0. The Morgan fingerprint density at radius 2 is 2.00 bits per heavy atom. The third-order valence-electron chi connectivity index (χ3n) is 3.25. The fourth-order valence-corrected chi connectivity index (χ4v) is 2.94. The minimum absolute atomic E-state index is 0.614. The highest BCUT2D eigenvalue weighted by Gasteiger charge is 2.07. The largest absolute Gasteiger partial charge is 0.362 e. The smallest absolute Gasteiger partial charge is 0.182 e. The molecule has 0 radical (unpaired) electrons. The summed E-state index contributed by atoms with van der Waals surface area (Å²) in [5.74, 6) is 0.735. The van der Waals surface area contributed by atoms with Crippen molar-refractivity contribution in [3.63, 3.8) is 0 Å². The van der Waals surface area contributed by atoms with Crippen molar-refractivity contribution < 1.29 is 0 Å². The Hall–Kier alpha value is -2.80. The Morgan fingerprint density at radius 3 is 2.91 bits per heavy atom. The van der Waals surface area contributed by atoms with E-state index in [1.54, 1.807) is 17.7 Å². The molecule has 6 nitrogen and oxygen atoms in total. The minimum Gasteiger partial charge on any atom is -0.362 e. The van der Waals surface area contributed by atoms with Crippen LogP contribution in [0.4, 0.5) is 5.82 Å². The highest BCUT2D eigenvalue weighted by atomic mass is 32.1. The number of aromatic amines is 1. The van der Waals surface area contributed by atoms with Gasteiger partial charge in [0.1, 0.15) is 16.9 Å². The molecule has 0 saturated heterocycles. The van der Waals surface area contributed by atoms with E-state index in [1.807, 2.05) is 18.2 Å². The van der Waals surface area contributed by atoms with E-state index in [9.17, 15) is 0 Å². The molecular weight excluding hydrogens is 296 g/mol. The van der Waals surface area contributed by atoms with Crippen LogP contribution >= 0.6 is 11.3 Å². The van der Waals surface area contributed by atoms with Gasteiger partial charge in [0.15, 0.2) is 11.5 Å². The second-order valence-electron chi connectivity index (χ2n) is 4.67. The molecule has 22 heavy (non-hydrogen) atoms. The van der Waals surface area contributed by atoms with Crippen molar-refractivity contribution in [3.05, 3.63) is 53.4 Å². The maximum absolute atomic E-state index is 4.65. The molecule has 0 aliphatic heterocycles. The van der Waals surface area contributed by atoms with Gasteiger partial charge >= 0.3 is 0 Å². The monoisotopic (exact) mass is 308 g/mol. The topological polar surface area (TPSA) is 79.4 Å². The van der Waals surface area contributed by atoms with Crippen molar-refractivity contribution in [2.45, 2.75) is 6.54 Å². The lowest BCUT2D eigenvalue weighted by Crippen LogP contribution is -2.02. The minimum atomic E-state index is 0.614. The Morgan fingerprint density at radius 1 is 1.09 bits per heavy atom. The van der Waals surface area contributed by atoms with Gasteiger partial charge in [0.25, 0.3) is 0 Å². The zero-order valence-electron chi connectivity index (χ0n) is 11.5. The molecular formula is C15H12N6S. The molecule has 108 valence electrons. The molecule has 0 fully saturated rings. The maximum Gasteiger partial charge on any atom is 0.182 e. The normalized spacial score (nSPS) is 10.9. The van der Waals surface area contributed by atoms with Gasteiger partial charge in [-0.3, -0.25) is 0 Å². The van der Waals surface area contributed by atoms with Crippen LogP contribution < -0.4 is 5.32 Å². The first kappa shape index (κ1) is 12.9. The molecule has 1 aromatic carbocycles. The number of H-pyrrole nitrogens is 1. The average Bonchev–Trinajstić information content (AvgIpc) is 3.23. The Labute approximate surface area is 130 Å². The number of anilines is 1. The third-order valence-corrected chi connectivity index (χ3v) is 4.10. The fraction of sp³-hybridized carbons (Fsp3) is 0.0667. The van der Waals surface area contributed by atoms with Crippen molar-refractivity contribution in [2.75, 3.05) is 5.32 Å². The fourth-order valence-electron chi connectivity index (χ4n) is 2.19. The molecule has 0 atom stereocenters. The Balaban J connectivity index is 1.53. The SMILES string of the molecule is c1ccc(-c2csc(CNc3ncnc4nc[nH]c34)n2)cc1. The van der Waals surface area contributed by atoms with Gasteiger partial charge in [-0.1, -0.05) is 30.3 Å². The summed E-state index contributed by atoms with van der Waals surface area (Å²) in [5.41, 5.74) is 3.59. The van der Waals surface area contributed by atoms with E-state index in [0.29, 0.717) is 12.2 Å². The van der Waals surface area contributed by atoms with Gasteiger partial charge in [-0.05, 0) is 0 Å². The van der Waals surface area contributed by atoms with Crippen molar-refractivity contribution >= 4 is 28.3 Å². The molecule has 2 N–H and O–H groups in total. The summed E-state index contributed by atoms with van der Waals surface area (Å²) >= 11 is 1.63. The number of benzene rings is 1. The maximum atomic E-state index is 4.65. The summed E-state index contributed by atoms with van der Waals surface area (Å²) in [6, 6.07) is 10.2. The highest BCUT2D eigenvalue weighted by molar-refractivity contribution is 7.09. The van der Waals surface area contributed by atoms with Crippen molar-refractivity contribution in [3.8, 4) is 11.3 Å². The number of rotatable bonds is 4. The summed E-state index contributed by atoms with van der Waals surface area (Å²) in [4.78, 5) is 20.1. The van der Waals surface area contributed by atoms with Crippen molar-refractivity contribution in [1.82, 2.24) is 24.9 Å². The number of imidazole rings is 1. The first-order valence-corrected chi connectivity index (χ1v) is 7.66. The summed E-state index contributed by atoms with van der Waals surface area (Å²) in [7, 11) is 0. The summed E-state index contributed by atoms with van der Waals surface area (Å²) in [5, 5.41) is 6.35. The lowest BCUT2D eigenvalue weighted by Gasteiger charge is -2.03. The van der Waals surface area contributed by atoms with E-state index >= 15 is 0 Å². The van der Waals surface area contributed by atoms with Gasteiger partial charge in [0, 0.05) is 10.9 Å². The van der Waals surface area contributed by atoms with Crippen LogP contribution in [0.15, 0.2) is 48.4 Å². The molecule has 4 rings (SSSR count). The predicted octanol–water partition coefficient (Wildman–Crippen LogP) is 3.09. The number of hydrogen-bond donors (Lipinski definition) is 2. The van der Waals surface area contributed by atoms with E-state index in [-0.39, 0.29) is 0 Å². The average molecular weight is 308 g/mol. The number of aromatic nitrogens is 5. The molecule has 0 aliphatic rings. The van der Waals surface area contributed by atoms with Gasteiger partial charge in [0.05, 0.1) is 18.6 Å². The second-order valence-corrected chi connectivity index (χ2v) is 5.61. The quantitative estimate of drug-likeness (QED) is 0.605. The van der Waals surface area contributed by atoms with Crippen LogP contribution in [0, 0.1) is 0 Å². The number of fused-ring (bicyclic) bond motifs is 1. The van der Waals surface area contributed by atoms with Crippen LogP contribution in [0.25, 0.3) is 22.4 Å². The molecule has 0 saturated carbocycles. The Kier molecular flexibility index (Phi) is 3.24. The molecule has 0 spiro atoms. The third kappa shape index (κ3) is 2.42. The molecule has 0 amide bonds. The van der Waals surface area contributed by atoms with E-state index in [1.165, 1.54) is 6.33 Å². The first-order valence-electron chi connectivity index (χ1n) is 6.78. The molecule has 3 heterocycles. The zero-order chi connectivity index (χ0) is 14.8. The van der Waals surface area contributed by atoms with E-state index in [0.717, 1.165) is 27.6 Å². The van der Waals surface area contributed by atoms with Crippen LogP contribution in [0.2, 0.25) is 0 Å². The van der Waals surface area contributed by atoms with Gasteiger partial charge in [-0.2, -0.15) is 0 Å². The van der Waals surface area contributed by atoms with Gasteiger partial charge in [-0.15, -0.1) is 11.3 Å². The second kappa shape index (κ2) is 5.53. The standard InChI is InChI=1S/C15H12N6S/c1-2-4-10(5-3-1)11-7-22-12(21-11)6-16-14-13-15(18-8-17-13)20-9-19-14/h1-5,7-9H,6H2,(H2,16,17,18,19,20). The molecule has 0 aliphatic carbocycles. The number of nitrogens with zero attached hydrogens (tertiary/aromatic N) is 4. The van der Waals surface area contributed by atoms with Crippen molar-refractivity contribution in [2.24, 2.45) is 0 Å². The van der Waals surface area contributed by atoms with E-state index in [4.69, 9.17) is 0 Å². The van der Waals surface area contributed by atoms with Gasteiger partial charge < -0.3 is 10.3 Å². The Bertz CT molecular complexity index is 898. The number of hydrogen-bond acceptors (Lipinski definition) is 6. The first-order chi connectivity index (χ1) is 10.9. The van der Waals surface area contributed by atoms with Crippen LogP contribution in [-0.4, -0.2) is 24.9 Å². The molecule has 4 aromatic rings. The van der Waals surface area contributed by atoms with Crippen LogP contribution in [0.5, 0.6) is 0 Å². The van der Waals surface area contributed by atoms with Crippen LogP contribution in [-0.2, 0) is 6.54 Å². The summed E-state index contributed by atoms with van der Waals surface area (Å²) in [6.07, 6.45) is 3.12. The molecule has 7 heteroatoms. The van der Waals surface area contributed by atoms with Crippen LogP contribution in [0.3, 0.4) is 0 Å². The van der Waals surface area contributed by atoms with Gasteiger partial charge in [0.2, 0.25) is 0 Å². The predicted molar refractivity (Wildman–Crippen MR) is 86.6 cm³/mol. The highest BCUT2D eigenvalue weighted by Crippen LogP contribution is 2.22. The zero-order valence-corrected chi connectivity index (χ0v) is 12.3. The number of thiazole rings is 1. The van der Waals surface area contributed by atoms with Crippen LogP contribution in [0.1, 0.15) is 5.01 Å². The van der Waals surface area contributed by atoms with E-state index in [2.05, 4.69) is 47.7 Å². The number of nitrogens with one attached hydrogen (secondary N) is 2. The lowest BCUT2D eigenvalue weighted by molar-refractivity contribution is 1.07. The van der Waals surface area contributed by atoms with Crippen molar-refractivity contribution in [1.29, 1.82) is 0 Å². The molecule has 0 unspecified atom stereocenters. The molecule has 0 bridgehead atoms. The molecule has 3 aromatic heterocycles. The van der Waals surface area contributed by atoms with E-state index < -0.39 is 0 Å². The lowest BCUT2D eigenvalue weighted by atomic mass is 10.2. The van der Waals surface area contributed by atoms with Gasteiger partial charge in [-0.25, -0.2) is 19.9 Å². The summed E-state index contributed by atoms with van der Waals surface area (Å²) in [6.45, 7) is 0.614.